The number of aromatic hydroxyl groups is 1. The van der Waals surface area contributed by atoms with Gasteiger partial charge in [0.05, 0.1) is 12.1 Å². The number of carbonyl (C=O) groups is 1. The zero-order valence-corrected chi connectivity index (χ0v) is 20.8. The average molecular weight is 660 g/mol. The van der Waals surface area contributed by atoms with Crippen LogP contribution >= 0.6 is 45.2 Å². The van der Waals surface area contributed by atoms with Gasteiger partial charge in [-0.1, -0.05) is 12.1 Å². The number of hydrogen-bond acceptors (Lipinski definition) is 6. The number of rotatable bonds is 8. The monoisotopic (exact) mass is 660 g/mol. The molecule has 3 rings (SSSR count). The Hall–Kier alpha value is -2.45. The molecule has 0 saturated carbocycles. The van der Waals surface area contributed by atoms with E-state index in [4.69, 9.17) is 15.6 Å². The van der Waals surface area contributed by atoms with Gasteiger partial charge in [0, 0.05) is 24.1 Å². The van der Waals surface area contributed by atoms with E-state index in [2.05, 4.69) is 45.2 Å². The van der Waals surface area contributed by atoms with E-state index < -0.39 is 16.9 Å². The summed E-state index contributed by atoms with van der Waals surface area (Å²) >= 11 is 4.24. The predicted molar refractivity (Wildman–Crippen MR) is 135 cm³/mol. The Morgan fingerprint density at radius 1 is 1.06 bits per heavy atom. The topological polar surface area (TPSA) is 136 Å². The molecule has 10 heteroatoms. The summed E-state index contributed by atoms with van der Waals surface area (Å²) in [4.78, 5) is 21.4. The Bertz CT molecular complexity index is 1140. The Kier molecular flexibility index (Phi) is 7.90. The van der Waals surface area contributed by atoms with Crippen LogP contribution in [-0.4, -0.2) is 27.1 Å². The Morgan fingerprint density at radius 2 is 1.69 bits per heavy atom. The molecule has 0 bridgehead atoms. The van der Waals surface area contributed by atoms with E-state index in [-0.39, 0.29) is 17.9 Å². The number of nitro groups is 1. The maximum atomic E-state index is 11.0. The first-order valence-electron chi connectivity index (χ1n) is 9.33. The van der Waals surface area contributed by atoms with Crippen molar-refractivity contribution in [2.24, 2.45) is 5.73 Å². The van der Waals surface area contributed by atoms with Crippen LogP contribution in [0.4, 0.5) is 5.69 Å². The van der Waals surface area contributed by atoms with Crippen molar-refractivity contribution >= 4 is 56.8 Å². The normalized spacial score (nSPS) is 11.7. The zero-order chi connectivity index (χ0) is 23.4. The molecule has 0 radical (unpaired) electrons. The van der Waals surface area contributed by atoms with Gasteiger partial charge < -0.3 is 20.7 Å². The number of nitrogens with two attached hydrogens (primary N) is 1. The lowest BCUT2D eigenvalue weighted by Crippen LogP contribution is -2.32. The molecule has 1 atom stereocenters. The number of phenolic OH excluding ortho intramolecular Hbond substituents is 1. The highest BCUT2D eigenvalue weighted by Crippen LogP contribution is 2.35. The molecule has 0 unspecified atom stereocenters. The van der Waals surface area contributed by atoms with Crippen LogP contribution < -0.4 is 10.5 Å². The highest BCUT2D eigenvalue weighted by molar-refractivity contribution is 14.1. The van der Waals surface area contributed by atoms with E-state index >= 15 is 0 Å². The molecule has 0 heterocycles. The van der Waals surface area contributed by atoms with Gasteiger partial charge in [0.2, 0.25) is 0 Å². The van der Waals surface area contributed by atoms with Crippen molar-refractivity contribution in [3.63, 3.8) is 0 Å². The fourth-order valence-electron chi connectivity index (χ4n) is 3.01. The summed E-state index contributed by atoms with van der Waals surface area (Å²) in [5.41, 5.74) is 7.87. The van der Waals surface area contributed by atoms with Crippen LogP contribution in [0.15, 0.2) is 54.6 Å². The van der Waals surface area contributed by atoms with E-state index in [9.17, 15) is 20.0 Å². The minimum atomic E-state index is -1.06. The summed E-state index contributed by atoms with van der Waals surface area (Å²) in [5.74, 6) is 0.175. The second-order valence-corrected chi connectivity index (χ2v) is 9.35. The standard InChI is InChI=1S/C22H18I2N2O6/c23-17-8-13(10-19(25)22(28)29)9-18(24)21(17)32-16-5-6-20(27)14(11-16)7-12-1-3-15(4-2-12)26(30)31/h1-6,8-9,11,19,27H,7,10,25H2,(H,28,29)/t19-/m1/s1. The van der Waals surface area contributed by atoms with Crippen LogP contribution in [0.5, 0.6) is 17.2 Å². The Labute approximate surface area is 210 Å². The second-order valence-electron chi connectivity index (χ2n) is 7.03. The molecule has 4 N–H and O–H groups in total. The summed E-state index contributed by atoms with van der Waals surface area (Å²) < 4.78 is 7.66. The number of hydrogen-bond donors (Lipinski definition) is 3. The van der Waals surface area contributed by atoms with E-state index in [0.29, 0.717) is 23.5 Å². The molecule has 8 nitrogen and oxygen atoms in total. The highest BCUT2D eigenvalue weighted by Gasteiger charge is 2.16. The number of nitro benzene ring substituents is 1. The molecule has 0 aliphatic heterocycles. The third-order valence-corrected chi connectivity index (χ3v) is 6.25. The molecule has 0 aliphatic carbocycles. The molecule has 0 aliphatic rings. The minimum Gasteiger partial charge on any atom is -0.508 e. The van der Waals surface area contributed by atoms with E-state index in [0.717, 1.165) is 18.3 Å². The smallest absolute Gasteiger partial charge is 0.320 e. The van der Waals surface area contributed by atoms with E-state index in [1.54, 1.807) is 24.3 Å². The van der Waals surface area contributed by atoms with E-state index in [1.165, 1.54) is 18.2 Å². The number of carboxylic acids is 1. The number of aliphatic carboxylic acids is 1. The number of carboxylic acid groups (broad SMARTS) is 1. The molecule has 0 amide bonds. The maximum absolute atomic E-state index is 11.0. The lowest BCUT2D eigenvalue weighted by atomic mass is 10.0. The molecule has 3 aromatic carbocycles. The average Bonchev–Trinajstić information content (AvgIpc) is 2.73. The van der Waals surface area contributed by atoms with Crippen LogP contribution in [0, 0.1) is 17.3 Å². The molecule has 32 heavy (non-hydrogen) atoms. The molecule has 0 spiro atoms. The van der Waals surface area contributed by atoms with Gasteiger partial charge in [-0.05, 0) is 93.1 Å². The SMILES string of the molecule is N[C@H](Cc1cc(I)c(Oc2ccc(O)c(Cc3ccc([N+](=O)[O-])cc3)c2)c(I)c1)C(=O)O. The van der Waals surface area contributed by atoms with Crippen molar-refractivity contribution in [2.45, 2.75) is 18.9 Å². The summed E-state index contributed by atoms with van der Waals surface area (Å²) in [7, 11) is 0. The fourth-order valence-corrected chi connectivity index (χ4v) is 5.13. The van der Waals surface area contributed by atoms with Crippen molar-refractivity contribution < 1.29 is 24.7 Å². The van der Waals surface area contributed by atoms with Gasteiger partial charge in [0.1, 0.15) is 17.5 Å². The van der Waals surface area contributed by atoms with Crippen molar-refractivity contribution in [3.8, 4) is 17.2 Å². The van der Waals surface area contributed by atoms with Crippen molar-refractivity contribution in [2.75, 3.05) is 0 Å². The van der Waals surface area contributed by atoms with Crippen molar-refractivity contribution in [1.29, 1.82) is 0 Å². The largest absolute Gasteiger partial charge is 0.508 e. The van der Waals surface area contributed by atoms with Crippen LogP contribution in [0.3, 0.4) is 0 Å². The fraction of sp³-hybridized carbons (Fsp3) is 0.136. The first-order valence-corrected chi connectivity index (χ1v) is 11.5. The number of non-ortho nitro benzene ring substituents is 1. The van der Waals surface area contributed by atoms with Crippen LogP contribution in [-0.2, 0) is 17.6 Å². The van der Waals surface area contributed by atoms with Crippen LogP contribution in [0.2, 0.25) is 0 Å². The van der Waals surface area contributed by atoms with Gasteiger partial charge in [-0.2, -0.15) is 0 Å². The van der Waals surface area contributed by atoms with E-state index in [1.807, 2.05) is 12.1 Å². The molecule has 0 aromatic heterocycles. The Balaban J connectivity index is 1.81. The van der Waals surface area contributed by atoms with Gasteiger partial charge in [-0.25, -0.2) is 0 Å². The summed E-state index contributed by atoms with van der Waals surface area (Å²) in [5, 5.41) is 30.1. The molecule has 0 saturated heterocycles. The minimum absolute atomic E-state index is 0.00645. The summed E-state index contributed by atoms with van der Waals surface area (Å²) in [6, 6.07) is 13.7. The first kappa shape index (κ1) is 24.2. The third kappa shape index (κ3) is 6.07. The lowest BCUT2D eigenvalue weighted by molar-refractivity contribution is -0.384. The Morgan fingerprint density at radius 3 is 2.25 bits per heavy atom. The van der Waals surface area contributed by atoms with Gasteiger partial charge >= 0.3 is 5.97 Å². The van der Waals surface area contributed by atoms with Crippen molar-refractivity contribution in [3.05, 3.63) is 88.5 Å². The number of halogens is 2. The summed E-state index contributed by atoms with van der Waals surface area (Å²) in [6.45, 7) is 0. The number of ether oxygens (including phenoxy) is 1. The van der Waals surface area contributed by atoms with Gasteiger partial charge in [0.15, 0.2) is 5.75 Å². The third-order valence-electron chi connectivity index (χ3n) is 4.64. The van der Waals surface area contributed by atoms with Gasteiger partial charge in [-0.3, -0.25) is 14.9 Å². The highest BCUT2D eigenvalue weighted by atomic mass is 127. The van der Waals surface area contributed by atoms with Gasteiger partial charge in [0.25, 0.3) is 5.69 Å². The molecule has 0 fully saturated rings. The van der Waals surface area contributed by atoms with Gasteiger partial charge in [-0.15, -0.1) is 0 Å². The van der Waals surface area contributed by atoms with Crippen LogP contribution in [0.25, 0.3) is 0 Å². The lowest BCUT2D eigenvalue weighted by Gasteiger charge is -2.14. The zero-order valence-electron chi connectivity index (χ0n) is 16.5. The molecular weight excluding hydrogens is 642 g/mol. The first-order chi connectivity index (χ1) is 15.1. The maximum Gasteiger partial charge on any atom is 0.320 e. The summed E-state index contributed by atoms with van der Waals surface area (Å²) in [6.07, 6.45) is 0.585. The number of benzene rings is 3. The number of phenols is 1. The van der Waals surface area contributed by atoms with Crippen LogP contribution in [0.1, 0.15) is 16.7 Å². The number of nitrogens with zero attached hydrogens (tertiary/aromatic N) is 1. The molecule has 166 valence electrons. The van der Waals surface area contributed by atoms with Crippen molar-refractivity contribution in [1.82, 2.24) is 0 Å². The predicted octanol–water partition coefficient (Wildman–Crippen LogP) is 4.85. The molecular formula is C22H18I2N2O6. The quantitative estimate of drug-likeness (QED) is 0.179. The molecule has 3 aromatic rings. The second kappa shape index (κ2) is 10.4.